The molecule has 1 fully saturated rings. The molecule has 0 spiro atoms. The molecular weight excluding hydrogens is 266 g/mol. The summed E-state index contributed by atoms with van der Waals surface area (Å²) >= 11 is 0. The van der Waals surface area contributed by atoms with Gasteiger partial charge in [0.25, 0.3) is 0 Å². The second kappa shape index (κ2) is 6.36. The summed E-state index contributed by atoms with van der Waals surface area (Å²) in [4.78, 5) is 0. The second-order valence-electron chi connectivity index (χ2n) is 5.80. The third-order valence-electron chi connectivity index (χ3n) is 4.71. The van der Waals surface area contributed by atoms with Gasteiger partial charge in [0.05, 0.1) is 25.7 Å². The molecule has 2 rings (SSSR count). The monoisotopic (exact) mass is 289 g/mol. The lowest BCUT2D eigenvalue weighted by Gasteiger charge is -2.29. The summed E-state index contributed by atoms with van der Waals surface area (Å²) in [6, 6.07) is 7.71. The van der Waals surface area contributed by atoms with E-state index in [-0.39, 0.29) is 0 Å². The molecular formula is C17H23NO3. The van der Waals surface area contributed by atoms with Gasteiger partial charge in [0.2, 0.25) is 0 Å². The number of hydrogen-bond donors (Lipinski definition) is 1. The Labute approximate surface area is 126 Å². The third-order valence-corrected chi connectivity index (χ3v) is 4.71. The Hall–Kier alpha value is -1.73. The molecule has 21 heavy (non-hydrogen) atoms. The SMILES string of the molecule is CCC1CCC(C#N)(C(O)c2cc(OC)ccc2OC)C1. The van der Waals surface area contributed by atoms with Crippen molar-refractivity contribution in [2.24, 2.45) is 11.3 Å². The molecule has 1 aromatic carbocycles. The molecule has 0 amide bonds. The molecule has 1 aliphatic rings. The van der Waals surface area contributed by atoms with Crippen LogP contribution in [-0.4, -0.2) is 19.3 Å². The molecule has 0 heterocycles. The second-order valence-corrected chi connectivity index (χ2v) is 5.80. The van der Waals surface area contributed by atoms with Crippen molar-refractivity contribution < 1.29 is 14.6 Å². The molecule has 1 aliphatic carbocycles. The average molecular weight is 289 g/mol. The molecule has 3 atom stereocenters. The maximum atomic E-state index is 10.9. The predicted octanol–water partition coefficient (Wildman–Crippen LogP) is 3.46. The summed E-state index contributed by atoms with van der Waals surface area (Å²) in [6.07, 6.45) is 2.65. The molecule has 0 radical (unpaired) electrons. The van der Waals surface area contributed by atoms with Gasteiger partial charge >= 0.3 is 0 Å². The standard InChI is InChI=1S/C17H23NO3/c1-4-12-7-8-17(10-12,11-18)16(19)14-9-13(20-2)5-6-15(14)21-3/h5-6,9,12,16,19H,4,7-8,10H2,1-3H3. The summed E-state index contributed by atoms with van der Waals surface area (Å²) in [6.45, 7) is 2.14. The van der Waals surface area contributed by atoms with E-state index in [1.165, 1.54) is 0 Å². The van der Waals surface area contributed by atoms with E-state index in [4.69, 9.17) is 9.47 Å². The van der Waals surface area contributed by atoms with E-state index >= 15 is 0 Å². The number of hydrogen-bond acceptors (Lipinski definition) is 4. The lowest BCUT2D eigenvalue weighted by molar-refractivity contribution is 0.0616. The molecule has 4 nitrogen and oxygen atoms in total. The lowest BCUT2D eigenvalue weighted by Crippen LogP contribution is -2.25. The molecule has 1 aromatic rings. The summed E-state index contributed by atoms with van der Waals surface area (Å²) in [7, 11) is 3.15. The highest BCUT2D eigenvalue weighted by Crippen LogP contribution is 2.52. The first-order valence-corrected chi connectivity index (χ1v) is 7.41. The minimum absolute atomic E-state index is 0.510. The fraction of sp³-hybridized carbons (Fsp3) is 0.588. The number of rotatable bonds is 5. The Morgan fingerprint density at radius 2 is 2.19 bits per heavy atom. The van der Waals surface area contributed by atoms with E-state index in [0.29, 0.717) is 23.0 Å². The fourth-order valence-electron chi connectivity index (χ4n) is 3.29. The number of nitrogens with zero attached hydrogens (tertiary/aromatic N) is 1. The van der Waals surface area contributed by atoms with E-state index in [9.17, 15) is 10.4 Å². The minimum Gasteiger partial charge on any atom is -0.497 e. The van der Waals surface area contributed by atoms with Crippen molar-refractivity contribution in [3.05, 3.63) is 23.8 Å². The van der Waals surface area contributed by atoms with Gasteiger partial charge in [-0.1, -0.05) is 13.3 Å². The summed E-state index contributed by atoms with van der Waals surface area (Å²) in [5, 5.41) is 20.5. The smallest absolute Gasteiger partial charge is 0.124 e. The molecule has 0 bridgehead atoms. The van der Waals surface area contributed by atoms with Crippen molar-refractivity contribution in [2.75, 3.05) is 14.2 Å². The largest absolute Gasteiger partial charge is 0.497 e. The zero-order valence-corrected chi connectivity index (χ0v) is 12.9. The van der Waals surface area contributed by atoms with Crippen LogP contribution in [0.3, 0.4) is 0 Å². The normalized spacial score (nSPS) is 26.1. The number of nitriles is 1. The van der Waals surface area contributed by atoms with E-state index in [1.807, 2.05) is 0 Å². The minimum atomic E-state index is -0.857. The molecule has 0 aromatic heterocycles. The highest BCUT2D eigenvalue weighted by molar-refractivity contribution is 5.43. The van der Waals surface area contributed by atoms with Crippen LogP contribution in [0.5, 0.6) is 11.5 Å². The van der Waals surface area contributed by atoms with Crippen molar-refractivity contribution in [3.8, 4) is 17.6 Å². The van der Waals surface area contributed by atoms with Crippen molar-refractivity contribution >= 4 is 0 Å². The van der Waals surface area contributed by atoms with Crippen LogP contribution in [0.4, 0.5) is 0 Å². The van der Waals surface area contributed by atoms with Gasteiger partial charge in [0, 0.05) is 5.56 Å². The molecule has 0 aliphatic heterocycles. The molecule has 4 heteroatoms. The van der Waals surface area contributed by atoms with Gasteiger partial charge in [0.15, 0.2) is 0 Å². The van der Waals surface area contributed by atoms with E-state index in [2.05, 4.69) is 13.0 Å². The van der Waals surface area contributed by atoms with Gasteiger partial charge in [-0.3, -0.25) is 0 Å². The summed E-state index contributed by atoms with van der Waals surface area (Å²) < 4.78 is 10.6. The first-order chi connectivity index (χ1) is 10.1. The zero-order chi connectivity index (χ0) is 15.5. The fourth-order valence-corrected chi connectivity index (χ4v) is 3.29. The number of aliphatic hydroxyl groups is 1. The molecule has 1 saturated carbocycles. The van der Waals surface area contributed by atoms with Crippen LogP contribution in [-0.2, 0) is 0 Å². The Bertz CT molecular complexity index is 537. The van der Waals surface area contributed by atoms with Gasteiger partial charge in [-0.15, -0.1) is 0 Å². The number of aliphatic hydroxyl groups excluding tert-OH is 1. The lowest BCUT2D eigenvalue weighted by atomic mass is 9.77. The predicted molar refractivity (Wildman–Crippen MR) is 80.2 cm³/mol. The zero-order valence-electron chi connectivity index (χ0n) is 12.9. The van der Waals surface area contributed by atoms with Crippen molar-refractivity contribution in [1.29, 1.82) is 5.26 Å². The van der Waals surface area contributed by atoms with Crippen LogP contribution >= 0.6 is 0 Å². The number of methoxy groups -OCH3 is 2. The van der Waals surface area contributed by atoms with Crippen molar-refractivity contribution in [3.63, 3.8) is 0 Å². The first-order valence-electron chi connectivity index (χ1n) is 7.41. The van der Waals surface area contributed by atoms with E-state index in [0.717, 1.165) is 25.7 Å². The van der Waals surface area contributed by atoms with E-state index < -0.39 is 11.5 Å². The van der Waals surface area contributed by atoms with E-state index in [1.54, 1.807) is 32.4 Å². The van der Waals surface area contributed by atoms with Crippen LogP contribution in [0.25, 0.3) is 0 Å². The Kier molecular flexibility index (Phi) is 4.74. The maximum absolute atomic E-state index is 10.9. The van der Waals surface area contributed by atoms with Gasteiger partial charge < -0.3 is 14.6 Å². The van der Waals surface area contributed by atoms with Gasteiger partial charge in [-0.25, -0.2) is 0 Å². The average Bonchev–Trinajstić information content (AvgIpc) is 2.98. The van der Waals surface area contributed by atoms with Crippen LogP contribution < -0.4 is 9.47 Å². The Balaban J connectivity index is 2.38. The van der Waals surface area contributed by atoms with Gasteiger partial charge in [-0.05, 0) is 43.4 Å². The quantitative estimate of drug-likeness (QED) is 0.901. The van der Waals surface area contributed by atoms with Gasteiger partial charge in [0.1, 0.15) is 17.6 Å². The van der Waals surface area contributed by atoms with Crippen LogP contribution in [0, 0.1) is 22.7 Å². The number of benzene rings is 1. The highest BCUT2D eigenvalue weighted by Gasteiger charge is 2.46. The summed E-state index contributed by atoms with van der Waals surface area (Å²) in [5.41, 5.74) is -0.0875. The molecule has 114 valence electrons. The molecule has 3 unspecified atom stereocenters. The van der Waals surface area contributed by atoms with Crippen LogP contribution in [0.2, 0.25) is 0 Å². The van der Waals surface area contributed by atoms with Crippen LogP contribution in [0.15, 0.2) is 18.2 Å². The van der Waals surface area contributed by atoms with Gasteiger partial charge in [-0.2, -0.15) is 5.26 Å². The Morgan fingerprint density at radius 3 is 2.71 bits per heavy atom. The van der Waals surface area contributed by atoms with Crippen LogP contribution in [0.1, 0.15) is 44.3 Å². The molecule has 0 saturated heterocycles. The summed E-state index contributed by atoms with van der Waals surface area (Å²) in [5.74, 6) is 1.76. The highest BCUT2D eigenvalue weighted by atomic mass is 16.5. The Morgan fingerprint density at radius 1 is 1.43 bits per heavy atom. The van der Waals surface area contributed by atoms with Crippen molar-refractivity contribution in [2.45, 2.75) is 38.7 Å². The molecule has 1 N–H and O–H groups in total. The maximum Gasteiger partial charge on any atom is 0.124 e. The number of ether oxygens (including phenoxy) is 2. The first kappa shape index (κ1) is 15.7. The van der Waals surface area contributed by atoms with Crippen molar-refractivity contribution in [1.82, 2.24) is 0 Å². The third kappa shape index (κ3) is 2.84. The topological polar surface area (TPSA) is 62.5 Å².